The number of rotatable bonds is 9. The Morgan fingerprint density at radius 3 is 2.33 bits per heavy atom. The van der Waals surface area contributed by atoms with Crippen LogP contribution in [-0.2, 0) is 10.8 Å². The highest BCUT2D eigenvalue weighted by atomic mass is 15.2. The molecule has 2 nitrogen and oxygen atoms in total. The van der Waals surface area contributed by atoms with E-state index in [4.69, 9.17) is 4.99 Å². The van der Waals surface area contributed by atoms with Crippen molar-refractivity contribution in [3.8, 4) is 0 Å². The first kappa shape index (κ1) is 35.6. The highest BCUT2D eigenvalue weighted by molar-refractivity contribution is 6.13. The fraction of sp³-hybridized carbons (Fsp3) is 0.298. The summed E-state index contributed by atoms with van der Waals surface area (Å²) in [5, 5.41) is 0. The van der Waals surface area contributed by atoms with E-state index in [1.54, 1.807) is 0 Å². The average molecular weight is 647 g/mol. The van der Waals surface area contributed by atoms with Crippen LogP contribution in [0, 0.1) is 13.8 Å². The van der Waals surface area contributed by atoms with E-state index in [1.165, 1.54) is 67.3 Å². The van der Waals surface area contributed by atoms with Gasteiger partial charge in [0.25, 0.3) is 0 Å². The molecule has 0 aromatic heterocycles. The van der Waals surface area contributed by atoms with Crippen LogP contribution in [0.4, 0.5) is 17.1 Å². The zero-order chi connectivity index (χ0) is 35.5. The third-order valence-electron chi connectivity index (χ3n) is 10.7. The molecule has 2 aliphatic heterocycles. The fourth-order valence-corrected chi connectivity index (χ4v) is 8.07. The second-order valence-corrected chi connectivity index (χ2v) is 14.6. The molecule has 0 radical (unpaired) electrons. The lowest BCUT2D eigenvalue weighted by Gasteiger charge is -2.30. The highest BCUT2D eigenvalue weighted by Crippen LogP contribution is 2.56. The summed E-state index contributed by atoms with van der Waals surface area (Å²) < 4.78 is 0. The maximum Gasteiger partial charge on any atom is 0.0734 e. The number of allylic oxidation sites excluding steroid dienone is 9. The maximum atomic E-state index is 5.37. The van der Waals surface area contributed by atoms with E-state index in [9.17, 15) is 0 Å². The summed E-state index contributed by atoms with van der Waals surface area (Å²) in [6, 6.07) is 22.3. The van der Waals surface area contributed by atoms with Crippen molar-refractivity contribution < 1.29 is 0 Å². The molecule has 3 aromatic rings. The van der Waals surface area contributed by atoms with E-state index in [0.717, 1.165) is 12.8 Å². The Kier molecular flexibility index (Phi) is 10.5. The Morgan fingerprint density at radius 2 is 1.67 bits per heavy atom. The van der Waals surface area contributed by atoms with E-state index in [0.29, 0.717) is 5.92 Å². The summed E-state index contributed by atoms with van der Waals surface area (Å²) in [6.45, 7) is 29.4. The number of hydrogen-bond acceptors (Lipinski definition) is 2. The standard InChI is InChI=1S/C30H32N2.C17H22/c1-6-8-13-21(7-2)29-30(4,5)24-17-18-26-27(28(24)31-29)23-15-9-10-16-25(23)32(26)22-14-11-12-20(3)19-22;1-7-13(3)15(8-2)17(5,6)16-12-10-9-11-14(16)4/h6-7,9-12,14-19,23,25H,1,8,13H2,2-5H3;7-12H,1-2H2,3-6H3/b21-7+;15-13+. The second kappa shape index (κ2) is 14.4. The van der Waals surface area contributed by atoms with Crippen molar-refractivity contribution in [2.75, 3.05) is 4.90 Å². The van der Waals surface area contributed by atoms with Crippen LogP contribution in [0.25, 0.3) is 0 Å². The molecule has 2 heterocycles. The molecule has 0 fully saturated rings. The van der Waals surface area contributed by atoms with E-state index in [2.05, 4.69) is 171 Å². The van der Waals surface area contributed by atoms with Gasteiger partial charge in [-0.25, -0.2) is 0 Å². The highest BCUT2D eigenvalue weighted by Gasteiger charge is 2.44. The van der Waals surface area contributed by atoms with Gasteiger partial charge in [0.15, 0.2) is 0 Å². The Balaban J connectivity index is 0.000000234. The minimum absolute atomic E-state index is 0.0363. The Morgan fingerprint density at radius 1 is 0.939 bits per heavy atom. The molecule has 0 saturated carbocycles. The summed E-state index contributed by atoms with van der Waals surface area (Å²) >= 11 is 0. The van der Waals surface area contributed by atoms with Crippen LogP contribution in [0.2, 0.25) is 0 Å². The third kappa shape index (κ3) is 6.54. The molecule has 49 heavy (non-hydrogen) atoms. The van der Waals surface area contributed by atoms with Crippen LogP contribution in [0.3, 0.4) is 0 Å². The molecular formula is C47H54N2. The van der Waals surface area contributed by atoms with E-state index < -0.39 is 0 Å². The van der Waals surface area contributed by atoms with Crippen molar-refractivity contribution in [3.63, 3.8) is 0 Å². The van der Waals surface area contributed by atoms with Crippen LogP contribution < -0.4 is 4.90 Å². The molecule has 0 saturated heterocycles. The summed E-state index contributed by atoms with van der Waals surface area (Å²) in [4.78, 5) is 7.87. The monoisotopic (exact) mass is 646 g/mol. The summed E-state index contributed by atoms with van der Waals surface area (Å²) in [5.41, 5.74) is 15.2. The molecule has 2 heteroatoms. The molecule has 0 amide bonds. The number of aryl methyl sites for hydroxylation is 2. The average Bonchev–Trinajstić information content (AvgIpc) is 3.56. The SMILES string of the molecule is C=C/C(C)=C(\C=C)C(C)(C)c1ccccc1C.C=CCC/C(=C\C)C1=Nc2c(ccc3c2C2C=CC=CC2N3c2cccc(C)c2)C1(C)C. The van der Waals surface area contributed by atoms with E-state index in [-0.39, 0.29) is 16.9 Å². The first-order valence-electron chi connectivity index (χ1n) is 17.7. The minimum atomic E-state index is -0.103. The lowest BCUT2D eigenvalue weighted by atomic mass is 9.74. The predicted octanol–water partition coefficient (Wildman–Crippen LogP) is 13.0. The van der Waals surface area contributed by atoms with Crippen LogP contribution in [0.5, 0.6) is 0 Å². The number of aliphatic imine (C=N–C) groups is 1. The molecule has 2 atom stereocenters. The fourth-order valence-electron chi connectivity index (χ4n) is 8.07. The van der Waals surface area contributed by atoms with Crippen molar-refractivity contribution in [3.05, 3.63) is 174 Å². The van der Waals surface area contributed by atoms with E-state index >= 15 is 0 Å². The van der Waals surface area contributed by atoms with Gasteiger partial charge in [-0.2, -0.15) is 0 Å². The Bertz CT molecular complexity index is 1920. The molecule has 3 aliphatic rings. The topological polar surface area (TPSA) is 15.6 Å². The smallest absolute Gasteiger partial charge is 0.0734 e. The van der Waals surface area contributed by atoms with Gasteiger partial charge < -0.3 is 4.90 Å². The number of anilines is 2. The van der Waals surface area contributed by atoms with Gasteiger partial charge in [0.05, 0.1) is 17.4 Å². The first-order chi connectivity index (χ1) is 23.4. The van der Waals surface area contributed by atoms with Gasteiger partial charge in [-0.05, 0) is 97.7 Å². The van der Waals surface area contributed by atoms with Gasteiger partial charge in [-0.1, -0.05) is 132 Å². The molecule has 6 rings (SSSR count). The Hall–Kier alpha value is -4.69. The quantitative estimate of drug-likeness (QED) is 0.167. The zero-order valence-electron chi connectivity index (χ0n) is 31.0. The maximum absolute atomic E-state index is 5.37. The Labute approximate surface area is 296 Å². The molecule has 0 N–H and O–H groups in total. The molecule has 1 aliphatic carbocycles. The van der Waals surface area contributed by atoms with Gasteiger partial charge in [0.2, 0.25) is 0 Å². The second-order valence-electron chi connectivity index (χ2n) is 14.6. The van der Waals surface area contributed by atoms with Gasteiger partial charge in [0, 0.05) is 33.7 Å². The van der Waals surface area contributed by atoms with Crippen LogP contribution in [0.1, 0.15) is 88.1 Å². The lowest BCUT2D eigenvalue weighted by Crippen LogP contribution is -2.28. The minimum Gasteiger partial charge on any atom is -0.333 e. The van der Waals surface area contributed by atoms with Crippen LogP contribution >= 0.6 is 0 Å². The van der Waals surface area contributed by atoms with Gasteiger partial charge in [-0.3, -0.25) is 4.99 Å². The van der Waals surface area contributed by atoms with Gasteiger partial charge >= 0.3 is 0 Å². The lowest BCUT2D eigenvalue weighted by molar-refractivity contribution is 0.630. The molecule has 0 bridgehead atoms. The van der Waals surface area contributed by atoms with Crippen molar-refractivity contribution in [2.45, 2.75) is 91.0 Å². The number of hydrogen-bond donors (Lipinski definition) is 0. The number of fused-ring (bicyclic) bond motifs is 5. The van der Waals surface area contributed by atoms with Gasteiger partial charge in [-0.15, -0.1) is 6.58 Å². The van der Waals surface area contributed by atoms with Crippen molar-refractivity contribution >= 4 is 22.8 Å². The van der Waals surface area contributed by atoms with Crippen LogP contribution in [-0.4, -0.2) is 11.8 Å². The molecule has 2 unspecified atom stereocenters. The first-order valence-corrected chi connectivity index (χ1v) is 17.7. The third-order valence-corrected chi connectivity index (χ3v) is 10.7. The van der Waals surface area contributed by atoms with Crippen molar-refractivity contribution in [2.24, 2.45) is 4.99 Å². The van der Waals surface area contributed by atoms with Crippen molar-refractivity contribution in [1.82, 2.24) is 0 Å². The van der Waals surface area contributed by atoms with Gasteiger partial charge in [0.1, 0.15) is 0 Å². The largest absolute Gasteiger partial charge is 0.333 e. The summed E-state index contributed by atoms with van der Waals surface area (Å²) in [6.07, 6.45) is 19.1. The summed E-state index contributed by atoms with van der Waals surface area (Å²) in [7, 11) is 0. The summed E-state index contributed by atoms with van der Waals surface area (Å²) in [5.74, 6) is 0.312. The number of nitrogens with zero attached hydrogens (tertiary/aromatic N) is 2. The predicted molar refractivity (Wildman–Crippen MR) is 215 cm³/mol. The van der Waals surface area contributed by atoms with Crippen molar-refractivity contribution in [1.29, 1.82) is 0 Å². The zero-order valence-corrected chi connectivity index (χ0v) is 31.0. The van der Waals surface area contributed by atoms with E-state index in [1.807, 2.05) is 18.2 Å². The molecular weight excluding hydrogens is 593 g/mol. The number of benzene rings is 3. The molecule has 0 spiro atoms. The normalized spacial score (nSPS) is 19.1. The molecule has 3 aromatic carbocycles. The molecule has 252 valence electrons. The van der Waals surface area contributed by atoms with Crippen LogP contribution in [0.15, 0.2) is 151 Å².